The fourth-order valence-electron chi connectivity index (χ4n) is 7.10. The summed E-state index contributed by atoms with van der Waals surface area (Å²) in [6.45, 7) is 4.15. The van der Waals surface area contributed by atoms with Gasteiger partial charge in [-0.3, -0.25) is 4.79 Å². The summed E-state index contributed by atoms with van der Waals surface area (Å²) < 4.78 is 0. The standard InChI is InChI=1S/C19H30O5/c1-18-7-5-10-13(9(18)3-4-12(18)21)16(23)17(24)14-15(22)11(20)6-8-19(10,14)2/h9-11,13-17,20,22-24H,3-8H2,1-2H3/t9?,10?,11-,13?,14?,15?,16?,17-,18+,19-/m1/s1. The molecule has 136 valence electrons. The summed E-state index contributed by atoms with van der Waals surface area (Å²) in [5.74, 6) is 0.0223. The van der Waals surface area contributed by atoms with Crippen LogP contribution in [0.2, 0.25) is 0 Å². The molecule has 4 rings (SSSR count). The summed E-state index contributed by atoms with van der Waals surface area (Å²) >= 11 is 0. The van der Waals surface area contributed by atoms with Crippen molar-refractivity contribution in [3.8, 4) is 0 Å². The van der Waals surface area contributed by atoms with Crippen LogP contribution in [-0.4, -0.2) is 50.6 Å². The molecule has 4 N–H and O–H groups in total. The minimum atomic E-state index is -1.04. The second-order valence-electron chi connectivity index (χ2n) is 9.32. The van der Waals surface area contributed by atoms with Gasteiger partial charge in [-0.2, -0.15) is 0 Å². The quantitative estimate of drug-likeness (QED) is 0.525. The number of rotatable bonds is 0. The van der Waals surface area contributed by atoms with Crippen molar-refractivity contribution in [1.29, 1.82) is 0 Å². The largest absolute Gasteiger partial charge is 0.390 e. The van der Waals surface area contributed by atoms with E-state index in [1.54, 1.807) is 0 Å². The maximum absolute atomic E-state index is 12.4. The van der Waals surface area contributed by atoms with Crippen molar-refractivity contribution in [2.75, 3.05) is 0 Å². The van der Waals surface area contributed by atoms with E-state index >= 15 is 0 Å². The van der Waals surface area contributed by atoms with Gasteiger partial charge in [0.1, 0.15) is 5.78 Å². The minimum absolute atomic E-state index is 0.0890. The van der Waals surface area contributed by atoms with E-state index in [0.29, 0.717) is 18.6 Å². The van der Waals surface area contributed by atoms with E-state index in [0.717, 1.165) is 25.7 Å². The van der Waals surface area contributed by atoms with E-state index in [4.69, 9.17) is 0 Å². The Kier molecular flexibility index (Phi) is 3.71. The predicted octanol–water partition coefficient (Wildman–Crippen LogP) is 0.871. The van der Waals surface area contributed by atoms with Gasteiger partial charge in [0.2, 0.25) is 0 Å². The summed E-state index contributed by atoms with van der Waals surface area (Å²) in [5.41, 5.74) is -0.660. The molecule has 0 bridgehead atoms. The van der Waals surface area contributed by atoms with Gasteiger partial charge in [-0.15, -0.1) is 0 Å². The highest BCUT2D eigenvalue weighted by Crippen LogP contribution is 2.65. The first-order chi connectivity index (χ1) is 11.2. The number of carbonyl (C=O) groups excluding carboxylic acids is 1. The van der Waals surface area contributed by atoms with Crippen LogP contribution >= 0.6 is 0 Å². The molecule has 6 unspecified atom stereocenters. The summed E-state index contributed by atoms with van der Waals surface area (Å²) in [4.78, 5) is 12.4. The molecule has 10 atom stereocenters. The van der Waals surface area contributed by atoms with Crippen LogP contribution in [-0.2, 0) is 4.79 Å². The summed E-state index contributed by atoms with van der Waals surface area (Å²) in [6, 6.07) is 0. The van der Waals surface area contributed by atoms with Crippen molar-refractivity contribution in [3.05, 3.63) is 0 Å². The lowest BCUT2D eigenvalue weighted by molar-refractivity contribution is -0.248. The second-order valence-corrected chi connectivity index (χ2v) is 9.32. The normalized spacial score (nSPS) is 60.3. The zero-order valence-corrected chi connectivity index (χ0v) is 14.6. The maximum Gasteiger partial charge on any atom is 0.139 e. The van der Waals surface area contributed by atoms with E-state index < -0.39 is 30.3 Å². The minimum Gasteiger partial charge on any atom is -0.390 e. The molecule has 0 aromatic heterocycles. The van der Waals surface area contributed by atoms with Crippen LogP contribution in [0.15, 0.2) is 0 Å². The lowest BCUT2D eigenvalue weighted by Crippen LogP contribution is -2.67. The zero-order chi connectivity index (χ0) is 17.4. The van der Waals surface area contributed by atoms with Crippen LogP contribution in [0.25, 0.3) is 0 Å². The van der Waals surface area contributed by atoms with E-state index in [1.807, 2.05) is 6.92 Å². The highest BCUT2D eigenvalue weighted by molar-refractivity contribution is 5.87. The molecule has 4 aliphatic carbocycles. The molecule has 0 aliphatic heterocycles. The molecular formula is C19H30O5. The Balaban J connectivity index is 1.75. The molecule has 4 fully saturated rings. The Morgan fingerprint density at radius 1 is 0.875 bits per heavy atom. The van der Waals surface area contributed by atoms with E-state index in [-0.39, 0.29) is 28.6 Å². The van der Waals surface area contributed by atoms with Crippen LogP contribution in [0.5, 0.6) is 0 Å². The van der Waals surface area contributed by atoms with Crippen LogP contribution in [0.1, 0.15) is 52.4 Å². The van der Waals surface area contributed by atoms with Crippen LogP contribution < -0.4 is 0 Å². The highest BCUT2D eigenvalue weighted by Gasteiger charge is 2.66. The molecule has 0 heterocycles. The first-order valence-electron chi connectivity index (χ1n) is 9.47. The monoisotopic (exact) mass is 338 g/mol. The molecule has 5 heteroatoms. The van der Waals surface area contributed by atoms with E-state index in [9.17, 15) is 25.2 Å². The molecule has 24 heavy (non-hydrogen) atoms. The molecule has 4 saturated carbocycles. The Morgan fingerprint density at radius 3 is 2.29 bits per heavy atom. The second kappa shape index (κ2) is 5.26. The van der Waals surface area contributed by atoms with E-state index in [2.05, 4.69) is 6.92 Å². The Bertz CT molecular complexity index is 550. The summed E-state index contributed by atoms with van der Waals surface area (Å²) in [5, 5.41) is 42.3. The third-order valence-electron chi connectivity index (χ3n) is 8.50. The van der Waals surface area contributed by atoms with Gasteiger partial charge in [0.15, 0.2) is 0 Å². The molecule has 0 amide bonds. The van der Waals surface area contributed by atoms with Crippen LogP contribution in [0.3, 0.4) is 0 Å². The Hall–Kier alpha value is -0.490. The number of carbonyl (C=O) groups is 1. The van der Waals surface area contributed by atoms with Gasteiger partial charge in [0.25, 0.3) is 0 Å². The molecule has 0 spiro atoms. The SMILES string of the molecule is C[C@]12CC[C@@H](O)C(O)C1[C@@H](O)C(O)C1C2CC[C@]2(C)C(=O)CCC12. The highest BCUT2D eigenvalue weighted by atomic mass is 16.3. The van der Waals surface area contributed by atoms with Crippen LogP contribution in [0, 0.1) is 34.5 Å². The Labute approximate surface area is 143 Å². The van der Waals surface area contributed by atoms with Crippen molar-refractivity contribution >= 4 is 5.78 Å². The first-order valence-corrected chi connectivity index (χ1v) is 9.47. The number of aliphatic hydroxyl groups excluding tert-OH is 4. The number of hydrogen-bond acceptors (Lipinski definition) is 5. The van der Waals surface area contributed by atoms with Crippen molar-refractivity contribution in [3.63, 3.8) is 0 Å². The molecule has 0 radical (unpaired) electrons. The summed E-state index contributed by atoms with van der Waals surface area (Å²) in [7, 11) is 0. The van der Waals surface area contributed by atoms with Crippen LogP contribution in [0.4, 0.5) is 0 Å². The molecule has 5 nitrogen and oxygen atoms in total. The lowest BCUT2D eigenvalue weighted by Gasteiger charge is -2.63. The van der Waals surface area contributed by atoms with Gasteiger partial charge >= 0.3 is 0 Å². The van der Waals surface area contributed by atoms with E-state index in [1.165, 1.54) is 0 Å². The average Bonchev–Trinajstić information content (AvgIpc) is 2.84. The molecule has 4 aliphatic rings. The van der Waals surface area contributed by atoms with Gasteiger partial charge in [-0.05, 0) is 55.3 Å². The topological polar surface area (TPSA) is 98.0 Å². The van der Waals surface area contributed by atoms with Crippen molar-refractivity contribution < 1.29 is 25.2 Å². The van der Waals surface area contributed by atoms with Gasteiger partial charge in [0, 0.05) is 17.8 Å². The fraction of sp³-hybridized carbons (Fsp3) is 0.947. The summed E-state index contributed by atoms with van der Waals surface area (Å²) in [6.07, 6.45) is 0.545. The van der Waals surface area contributed by atoms with Crippen molar-refractivity contribution in [1.82, 2.24) is 0 Å². The van der Waals surface area contributed by atoms with Gasteiger partial charge < -0.3 is 20.4 Å². The fourth-order valence-corrected chi connectivity index (χ4v) is 7.10. The number of Topliss-reactive ketones (excluding diaryl/α,β-unsaturated/α-hetero) is 1. The molecule has 0 aromatic carbocycles. The number of fused-ring (bicyclic) bond motifs is 5. The average molecular weight is 338 g/mol. The van der Waals surface area contributed by atoms with Gasteiger partial charge in [-0.25, -0.2) is 0 Å². The lowest BCUT2D eigenvalue weighted by atomic mass is 9.43. The number of hydrogen-bond donors (Lipinski definition) is 4. The predicted molar refractivity (Wildman–Crippen MR) is 86.9 cm³/mol. The third-order valence-corrected chi connectivity index (χ3v) is 8.50. The Morgan fingerprint density at radius 2 is 1.58 bits per heavy atom. The van der Waals surface area contributed by atoms with Gasteiger partial charge in [-0.1, -0.05) is 13.8 Å². The molecular weight excluding hydrogens is 308 g/mol. The smallest absolute Gasteiger partial charge is 0.139 e. The van der Waals surface area contributed by atoms with Crippen molar-refractivity contribution in [2.24, 2.45) is 34.5 Å². The molecule has 0 aromatic rings. The first kappa shape index (κ1) is 17.0. The number of ketones is 1. The molecule has 0 saturated heterocycles. The van der Waals surface area contributed by atoms with Gasteiger partial charge in [0.05, 0.1) is 24.4 Å². The number of aliphatic hydroxyl groups is 4. The zero-order valence-electron chi connectivity index (χ0n) is 14.6. The third kappa shape index (κ3) is 1.93. The maximum atomic E-state index is 12.4. The van der Waals surface area contributed by atoms with Crippen molar-refractivity contribution in [2.45, 2.75) is 76.8 Å².